The van der Waals surface area contributed by atoms with Crippen LogP contribution in [0.4, 0.5) is 5.69 Å². The molecular formula is C19H16N2OS. The molecule has 2 heterocycles. The molecule has 23 heavy (non-hydrogen) atoms. The summed E-state index contributed by atoms with van der Waals surface area (Å²) in [5, 5.41) is 2.89. The standard InChI is InChI=1S/C19H16N2OS/c1-13-11-14-5-2-3-8-17(14)21(13)19(22)16-7-4-6-15(12-16)18-20-9-10-23-18/h2-10,12-13H,11H2,1H3. The molecule has 0 N–H and O–H groups in total. The predicted octanol–water partition coefficient (Wildman–Crippen LogP) is 4.40. The van der Waals surface area contributed by atoms with E-state index in [2.05, 4.69) is 18.0 Å². The van der Waals surface area contributed by atoms with E-state index in [1.165, 1.54) is 5.56 Å². The number of carbonyl (C=O) groups excluding carboxylic acids is 1. The number of rotatable bonds is 2. The summed E-state index contributed by atoms with van der Waals surface area (Å²) in [6.07, 6.45) is 2.70. The van der Waals surface area contributed by atoms with Crippen molar-refractivity contribution in [2.75, 3.05) is 4.90 Å². The van der Waals surface area contributed by atoms with Crippen LogP contribution >= 0.6 is 11.3 Å². The van der Waals surface area contributed by atoms with Crippen LogP contribution in [-0.2, 0) is 6.42 Å². The summed E-state index contributed by atoms with van der Waals surface area (Å²) in [4.78, 5) is 19.3. The van der Waals surface area contributed by atoms with Gasteiger partial charge in [0.05, 0.1) is 0 Å². The molecule has 1 atom stereocenters. The van der Waals surface area contributed by atoms with Gasteiger partial charge in [0.15, 0.2) is 0 Å². The van der Waals surface area contributed by atoms with E-state index >= 15 is 0 Å². The van der Waals surface area contributed by atoms with Crippen molar-refractivity contribution in [3.8, 4) is 10.6 Å². The number of amides is 1. The molecule has 0 radical (unpaired) electrons. The summed E-state index contributed by atoms with van der Waals surface area (Å²) in [5.74, 6) is 0.0563. The second-order valence-electron chi connectivity index (χ2n) is 5.78. The van der Waals surface area contributed by atoms with Gasteiger partial charge in [-0.05, 0) is 37.1 Å². The topological polar surface area (TPSA) is 33.2 Å². The van der Waals surface area contributed by atoms with Gasteiger partial charge < -0.3 is 4.90 Å². The van der Waals surface area contributed by atoms with Crippen LogP contribution in [0.5, 0.6) is 0 Å². The number of anilines is 1. The Morgan fingerprint density at radius 1 is 1.22 bits per heavy atom. The minimum atomic E-state index is 0.0563. The fourth-order valence-electron chi connectivity index (χ4n) is 3.17. The summed E-state index contributed by atoms with van der Waals surface area (Å²) in [5.41, 5.74) is 3.97. The Bertz CT molecular complexity index is 857. The molecule has 114 valence electrons. The van der Waals surface area contributed by atoms with Gasteiger partial charge in [-0.1, -0.05) is 30.3 Å². The largest absolute Gasteiger partial charge is 0.305 e. The molecule has 1 unspecified atom stereocenters. The van der Waals surface area contributed by atoms with Gasteiger partial charge in [0.1, 0.15) is 5.01 Å². The van der Waals surface area contributed by atoms with Gasteiger partial charge >= 0.3 is 0 Å². The molecule has 0 bridgehead atoms. The van der Waals surface area contributed by atoms with Crippen LogP contribution in [0.25, 0.3) is 10.6 Å². The van der Waals surface area contributed by atoms with Gasteiger partial charge in [0, 0.05) is 34.4 Å². The zero-order valence-corrected chi connectivity index (χ0v) is 13.6. The van der Waals surface area contributed by atoms with Gasteiger partial charge in [-0.25, -0.2) is 4.98 Å². The molecule has 0 fully saturated rings. The number of benzene rings is 2. The lowest BCUT2D eigenvalue weighted by Crippen LogP contribution is -2.35. The SMILES string of the molecule is CC1Cc2ccccc2N1C(=O)c1cccc(-c2nccs2)c1. The molecule has 3 nitrogen and oxygen atoms in total. The number of hydrogen-bond donors (Lipinski definition) is 0. The number of hydrogen-bond acceptors (Lipinski definition) is 3. The summed E-state index contributed by atoms with van der Waals surface area (Å²) in [6.45, 7) is 2.10. The number of nitrogens with zero attached hydrogens (tertiary/aromatic N) is 2. The number of fused-ring (bicyclic) bond motifs is 1. The van der Waals surface area contributed by atoms with Crippen LogP contribution in [0.15, 0.2) is 60.1 Å². The quantitative estimate of drug-likeness (QED) is 0.701. The Labute approximate surface area is 139 Å². The van der Waals surface area contributed by atoms with Crippen molar-refractivity contribution < 1.29 is 4.79 Å². The molecule has 1 amide bonds. The van der Waals surface area contributed by atoms with Crippen molar-refractivity contribution in [3.63, 3.8) is 0 Å². The molecule has 1 aromatic heterocycles. The number of aromatic nitrogens is 1. The highest BCUT2D eigenvalue weighted by Gasteiger charge is 2.31. The average Bonchev–Trinajstić information content (AvgIpc) is 3.21. The predicted molar refractivity (Wildman–Crippen MR) is 94.0 cm³/mol. The lowest BCUT2D eigenvalue weighted by molar-refractivity contribution is 0.0981. The van der Waals surface area contributed by atoms with Crippen molar-refractivity contribution in [2.24, 2.45) is 0 Å². The summed E-state index contributed by atoms with van der Waals surface area (Å²) >= 11 is 1.58. The summed E-state index contributed by atoms with van der Waals surface area (Å²) in [6, 6.07) is 16.1. The molecule has 0 aliphatic carbocycles. The van der Waals surface area contributed by atoms with Crippen molar-refractivity contribution in [1.29, 1.82) is 0 Å². The minimum Gasteiger partial charge on any atom is -0.305 e. The zero-order chi connectivity index (χ0) is 15.8. The van der Waals surface area contributed by atoms with Crippen LogP contribution in [0.1, 0.15) is 22.8 Å². The molecule has 1 aliphatic heterocycles. The third kappa shape index (κ3) is 2.45. The van der Waals surface area contributed by atoms with Gasteiger partial charge in [-0.2, -0.15) is 0 Å². The fourth-order valence-corrected chi connectivity index (χ4v) is 3.80. The molecule has 4 rings (SSSR count). The lowest BCUT2D eigenvalue weighted by Gasteiger charge is -2.23. The molecule has 2 aromatic carbocycles. The Balaban J connectivity index is 1.71. The zero-order valence-electron chi connectivity index (χ0n) is 12.8. The number of para-hydroxylation sites is 1. The van der Waals surface area contributed by atoms with E-state index in [1.54, 1.807) is 17.5 Å². The van der Waals surface area contributed by atoms with Crippen LogP contribution in [0.2, 0.25) is 0 Å². The highest BCUT2D eigenvalue weighted by Crippen LogP contribution is 2.33. The van der Waals surface area contributed by atoms with E-state index < -0.39 is 0 Å². The first-order valence-corrected chi connectivity index (χ1v) is 8.53. The van der Waals surface area contributed by atoms with Crippen LogP contribution in [0.3, 0.4) is 0 Å². The maximum absolute atomic E-state index is 13.1. The number of thiazole rings is 1. The molecule has 3 aromatic rings. The van der Waals surface area contributed by atoms with Gasteiger partial charge in [0.25, 0.3) is 5.91 Å². The third-order valence-electron chi connectivity index (χ3n) is 4.21. The smallest absolute Gasteiger partial charge is 0.258 e. The first-order chi connectivity index (χ1) is 11.2. The summed E-state index contributed by atoms with van der Waals surface area (Å²) in [7, 11) is 0. The monoisotopic (exact) mass is 320 g/mol. The Hall–Kier alpha value is -2.46. The van der Waals surface area contributed by atoms with Crippen molar-refractivity contribution >= 4 is 22.9 Å². The van der Waals surface area contributed by atoms with E-state index in [-0.39, 0.29) is 11.9 Å². The fraction of sp³-hybridized carbons (Fsp3) is 0.158. The molecule has 4 heteroatoms. The van der Waals surface area contributed by atoms with Crippen LogP contribution in [0, 0.1) is 0 Å². The van der Waals surface area contributed by atoms with Gasteiger partial charge in [0.2, 0.25) is 0 Å². The first kappa shape index (κ1) is 14.2. The van der Waals surface area contributed by atoms with E-state index in [1.807, 2.05) is 52.7 Å². The van der Waals surface area contributed by atoms with Gasteiger partial charge in [-0.15, -0.1) is 11.3 Å². The van der Waals surface area contributed by atoms with E-state index in [4.69, 9.17) is 0 Å². The summed E-state index contributed by atoms with van der Waals surface area (Å²) < 4.78 is 0. The average molecular weight is 320 g/mol. The highest BCUT2D eigenvalue weighted by atomic mass is 32.1. The van der Waals surface area contributed by atoms with E-state index in [0.717, 1.165) is 22.7 Å². The second-order valence-corrected chi connectivity index (χ2v) is 6.67. The Kier molecular flexibility index (Phi) is 3.46. The lowest BCUT2D eigenvalue weighted by atomic mass is 10.1. The molecule has 1 aliphatic rings. The molecule has 0 saturated carbocycles. The van der Waals surface area contributed by atoms with Crippen molar-refractivity contribution in [3.05, 3.63) is 71.2 Å². The van der Waals surface area contributed by atoms with Crippen LogP contribution in [-0.4, -0.2) is 16.9 Å². The Morgan fingerprint density at radius 3 is 2.91 bits per heavy atom. The molecule has 0 saturated heterocycles. The van der Waals surface area contributed by atoms with Crippen molar-refractivity contribution in [1.82, 2.24) is 4.98 Å². The minimum absolute atomic E-state index is 0.0563. The van der Waals surface area contributed by atoms with Crippen LogP contribution < -0.4 is 4.90 Å². The maximum atomic E-state index is 13.1. The Morgan fingerprint density at radius 2 is 2.09 bits per heavy atom. The molecular weight excluding hydrogens is 304 g/mol. The highest BCUT2D eigenvalue weighted by molar-refractivity contribution is 7.13. The first-order valence-electron chi connectivity index (χ1n) is 7.65. The number of carbonyl (C=O) groups is 1. The molecule has 0 spiro atoms. The normalized spacial score (nSPS) is 16.4. The van der Waals surface area contributed by atoms with E-state index in [0.29, 0.717) is 5.56 Å². The maximum Gasteiger partial charge on any atom is 0.258 e. The van der Waals surface area contributed by atoms with Crippen molar-refractivity contribution in [2.45, 2.75) is 19.4 Å². The van der Waals surface area contributed by atoms with E-state index in [9.17, 15) is 4.79 Å². The second kappa shape index (κ2) is 5.63. The third-order valence-corrected chi connectivity index (χ3v) is 5.04. The van der Waals surface area contributed by atoms with Gasteiger partial charge in [-0.3, -0.25) is 4.79 Å².